The zero-order chi connectivity index (χ0) is 22.7. The van der Waals surface area contributed by atoms with E-state index >= 15 is 0 Å². The van der Waals surface area contributed by atoms with E-state index in [0.29, 0.717) is 6.61 Å². The molecule has 0 amide bonds. The van der Waals surface area contributed by atoms with Gasteiger partial charge in [-0.2, -0.15) is 0 Å². The van der Waals surface area contributed by atoms with Crippen LogP contribution in [-0.2, 0) is 39.9 Å². The van der Waals surface area contributed by atoms with Gasteiger partial charge in [0.25, 0.3) is 0 Å². The van der Waals surface area contributed by atoms with Crippen molar-refractivity contribution in [2.75, 3.05) is 0 Å². The molecule has 3 unspecified atom stereocenters. The monoisotopic (exact) mass is 422 g/mol. The first-order valence-electron chi connectivity index (χ1n) is 10.2. The van der Waals surface area contributed by atoms with E-state index in [-0.39, 0.29) is 25.4 Å². The Labute approximate surface area is 179 Å². The van der Waals surface area contributed by atoms with Crippen LogP contribution in [0.4, 0.5) is 0 Å². The molecule has 1 rings (SSSR count). The number of hydrogen-bond acceptors (Lipinski definition) is 7. The van der Waals surface area contributed by atoms with Crippen molar-refractivity contribution in [1.29, 1.82) is 0 Å². The lowest BCUT2D eigenvalue weighted by Crippen LogP contribution is -2.28. The third-order valence-electron chi connectivity index (χ3n) is 3.82. The molecule has 0 radical (unpaired) electrons. The minimum atomic E-state index is -0.639. The number of benzene rings is 1. The molecule has 30 heavy (non-hydrogen) atoms. The van der Waals surface area contributed by atoms with Crippen molar-refractivity contribution in [2.45, 2.75) is 91.3 Å². The van der Waals surface area contributed by atoms with Crippen LogP contribution in [0.1, 0.15) is 66.4 Å². The van der Waals surface area contributed by atoms with Gasteiger partial charge in [-0.15, -0.1) is 0 Å². The number of esters is 3. The van der Waals surface area contributed by atoms with Crippen LogP contribution in [0.15, 0.2) is 30.3 Å². The average Bonchev–Trinajstić information content (AvgIpc) is 2.58. The average molecular weight is 423 g/mol. The Morgan fingerprint density at radius 2 is 1.23 bits per heavy atom. The number of carbonyl (C=O) groups is 3. The van der Waals surface area contributed by atoms with Crippen molar-refractivity contribution in [1.82, 2.24) is 0 Å². The molecule has 0 N–H and O–H groups in total. The maximum absolute atomic E-state index is 12.0. The highest BCUT2D eigenvalue weighted by Gasteiger charge is 2.22. The van der Waals surface area contributed by atoms with Gasteiger partial charge in [0.15, 0.2) is 0 Å². The largest absolute Gasteiger partial charge is 0.462 e. The molecule has 0 aromatic heterocycles. The molecule has 7 nitrogen and oxygen atoms in total. The Morgan fingerprint density at radius 3 is 1.73 bits per heavy atom. The predicted octanol–water partition coefficient (Wildman–Crippen LogP) is 3.97. The van der Waals surface area contributed by atoms with Gasteiger partial charge in [-0.25, -0.2) is 0 Å². The van der Waals surface area contributed by atoms with Gasteiger partial charge >= 0.3 is 17.9 Å². The minimum absolute atomic E-state index is 0.0343. The first-order valence-corrected chi connectivity index (χ1v) is 10.2. The molecule has 7 heteroatoms. The highest BCUT2D eigenvalue weighted by Crippen LogP contribution is 2.12. The van der Waals surface area contributed by atoms with Crippen molar-refractivity contribution in [3.63, 3.8) is 0 Å². The summed E-state index contributed by atoms with van der Waals surface area (Å²) in [5.74, 6) is -1.43. The van der Waals surface area contributed by atoms with E-state index in [9.17, 15) is 14.4 Å². The first kappa shape index (κ1) is 25.6. The molecular formula is C23H34O7. The Balaban J connectivity index is 2.27. The molecule has 3 atom stereocenters. The summed E-state index contributed by atoms with van der Waals surface area (Å²) in [4.78, 5) is 35.8. The van der Waals surface area contributed by atoms with Gasteiger partial charge in [0, 0.05) is 0 Å². The van der Waals surface area contributed by atoms with E-state index in [2.05, 4.69) is 0 Å². The normalized spacial score (nSPS) is 14.3. The molecule has 0 aliphatic heterocycles. The van der Waals surface area contributed by atoms with Crippen LogP contribution < -0.4 is 0 Å². The molecule has 0 aliphatic carbocycles. The van der Waals surface area contributed by atoms with Gasteiger partial charge < -0.3 is 18.9 Å². The Morgan fingerprint density at radius 1 is 0.767 bits per heavy atom. The van der Waals surface area contributed by atoms with E-state index in [4.69, 9.17) is 18.9 Å². The summed E-state index contributed by atoms with van der Waals surface area (Å²) in [5, 5.41) is 0. The summed E-state index contributed by atoms with van der Waals surface area (Å²) in [7, 11) is 0. The van der Waals surface area contributed by atoms with Gasteiger partial charge in [-0.05, 0) is 47.1 Å². The topological polar surface area (TPSA) is 88.1 Å². The third-order valence-corrected chi connectivity index (χ3v) is 3.82. The van der Waals surface area contributed by atoms with Crippen LogP contribution in [0.25, 0.3) is 0 Å². The van der Waals surface area contributed by atoms with E-state index < -0.39 is 35.7 Å². The summed E-state index contributed by atoms with van der Waals surface area (Å²) in [6.07, 6.45) is -1.62. The second-order valence-corrected chi connectivity index (χ2v) is 8.41. The maximum atomic E-state index is 12.0. The fourth-order valence-corrected chi connectivity index (χ4v) is 2.59. The van der Waals surface area contributed by atoms with Crippen LogP contribution in [0.3, 0.4) is 0 Å². The molecule has 0 heterocycles. The summed E-state index contributed by atoms with van der Waals surface area (Å²) in [6, 6.07) is 9.67. The van der Waals surface area contributed by atoms with Crippen molar-refractivity contribution >= 4 is 17.9 Å². The van der Waals surface area contributed by atoms with E-state index in [0.717, 1.165) is 5.56 Å². The van der Waals surface area contributed by atoms with Gasteiger partial charge in [0.2, 0.25) is 0 Å². The molecule has 168 valence electrons. The minimum Gasteiger partial charge on any atom is -0.462 e. The van der Waals surface area contributed by atoms with Crippen LogP contribution in [-0.4, -0.2) is 41.8 Å². The van der Waals surface area contributed by atoms with Gasteiger partial charge in [-0.3, -0.25) is 14.4 Å². The van der Waals surface area contributed by atoms with E-state index in [1.54, 1.807) is 41.5 Å². The molecule has 0 saturated carbocycles. The predicted molar refractivity (Wildman–Crippen MR) is 111 cm³/mol. The Kier molecular flexibility index (Phi) is 10.5. The molecule has 0 saturated heterocycles. The smallest absolute Gasteiger partial charge is 0.310 e. The standard InChI is InChI=1S/C23H34O7/c1-16(27-15-19-10-8-7-9-11-19)12-20(24)28-17(2)13-21(25)29-18(3)14-22(26)30-23(4,5)6/h7-11,16-18H,12-15H2,1-6H3. The zero-order valence-electron chi connectivity index (χ0n) is 18.8. The summed E-state index contributed by atoms with van der Waals surface area (Å²) in [6.45, 7) is 10.7. The van der Waals surface area contributed by atoms with Crippen LogP contribution >= 0.6 is 0 Å². The van der Waals surface area contributed by atoms with Crippen LogP contribution in [0, 0.1) is 0 Å². The highest BCUT2D eigenvalue weighted by atomic mass is 16.6. The lowest BCUT2D eigenvalue weighted by molar-refractivity contribution is -0.162. The third kappa shape index (κ3) is 12.2. The molecule has 0 fully saturated rings. The summed E-state index contributed by atoms with van der Waals surface area (Å²) < 4.78 is 21.3. The lowest BCUT2D eigenvalue weighted by atomic mass is 10.2. The first-order chi connectivity index (χ1) is 13.9. The number of ether oxygens (including phenoxy) is 4. The maximum Gasteiger partial charge on any atom is 0.310 e. The SMILES string of the molecule is CC(CC(=O)OC(C)CC(=O)OC(C)CC(=O)OC(C)(C)C)OCc1ccccc1. The second-order valence-electron chi connectivity index (χ2n) is 8.41. The molecule has 0 bridgehead atoms. The summed E-state index contributed by atoms with van der Waals surface area (Å²) in [5.41, 5.74) is 0.431. The van der Waals surface area contributed by atoms with Crippen molar-refractivity contribution in [3.05, 3.63) is 35.9 Å². The highest BCUT2D eigenvalue weighted by molar-refractivity contribution is 5.74. The molecule has 1 aromatic rings. The fourth-order valence-electron chi connectivity index (χ4n) is 2.59. The lowest BCUT2D eigenvalue weighted by Gasteiger charge is -2.21. The van der Waals surface area contributed by atoms with Crippen molar-refractivity contribution in [2.24, 2.45) is 0 Å². The van der Waals surface area contributed by atoms with Crippen molar-refractivity contribution in [3.8, 4) is 0 Å². The second kappa shape index (κ2) is 12.3. The van der Waals surface area contributed by atoms with E-state index in [1.807, 2.05) is 30.3 Å². The van der Waals surface area contributed by atoms with Gasteiger partial charge in [0.1, 0.15) is 17.8 Å². The Hall–Kier alpha value is -2.41. The van der Waals surface area contributed by atoms with E-state index in [1.165, 1.54) is 0 Å². The van der Waals surface area contributed by atoms with Crippen LogP contribution in [0.5, 0.6) is 0 Å². The summed E-state index contributed by atoms with van der Waals surface area (Å²) >= 11 is 0. The molecule has 1 aromatic carbocycles. The fraction of sp³-hybridized carbons (Fsp3) is 0.609. The van der Waals surface area contributed by atoms with Crippen molar-refractivity contribution < 1.29 is 33.3 Å². The number of carbonyl (C=O) groups excluding carboxylic acids is 3. The zero-order valence-corrected chi connectivity index (χ0v) is 18.8. The molecule has 0 spiro atoms. The van der Waals surface area contributed by atoms with Crippen LogP contribution in [0.2, 0.25) is 0 Å². The van der Waals surface area contributed by atoms with Gasteiger partial charge in [-0.1, -0.05) is 30.3 Å². The number of hydrogen-bond donors (Lipinski definition) is 0. The van der Waals surface area contributed by atoms with Gasteiger partial charge in [0.05, 0.1) is 32.0 Å². The Bertz CT molecular complexity index is 679. The molecular weight excluding hydrogens is 388 g/mol. The number of rotatable bonds is 11. The molecule has 0 aliphatic rings. The quantitative estimate of drug-likeness (QED) is 0.394.